The largest absolute Gasteiger partial charge is 0.489 e. The number of hydrogen-bond donors (Lipinski definition) is 1. The fourth-order valence-corrected chi connectivity index (χ4v) is 2.83. The van der Waals surface area contributed by atoms with E-state index in [9.17, 15) is 0 Å². The second kappa shape index (κ2) is 4.88. The maximum Gasteiger partial charge on any atom is 0.159 e. The van der Waals surface area contributed by atoms with Gasteiger partial charge in [0, 0.05) is 37.6 Å². The summed E-state index contributed by atoms with van der Waals surface area (Å²) in [5.74, 6) is 1.80. The molecule has 0 aromatic heterocycles. The van der Waals surface area contributed by atoms with Gasteiger partial charge in [0.1, 0.15) is 13.2 Å². The van der Waals surface area contributed by atoms with Gasteiger partial charge in [0.15, 0.2) is 11.5 Å². The van der Waals surface area contributed by atoms with Crippen molar-refractivity contribution in [2.24, 2.45) is 0 Å². The summed E-state index contributed by atoms with van der Waals surface area (Å²) >= 11 is 6.20. The van der Waals surface area contributed by atoms with Crippen molar-refractivity contribution in [2.75, 3.05) is 39.4 Å². The Kier molecular flexibility index (Phi) is 3.27. The van der Waals surface area contributed by atoms with E-state index in [0.29, 0.717) is 13.2 Å². The molecule has 3 rings (SSSR count). The van der Waals surface area contributed by atoms with Crippen molar-refractivity contribution in [1.82, 2.24) is 10.2 Å². The molecule has 5 heteroatoms. The Bertz CT molecular complexity index is 362. The van der Waals surface area contributed by atoms with Crippen LogP contribution in [0, 0.1) is 0 Å². The molecular weight excluding hydrogens is 240 g/mol. The Hall–Kier alpha value is -0.710. The average molecular weight is 257 g/mol. The van der Waals surface area contributed by atoms with Crippen LogP contribution in [0.15, 0.2) is 22.6 Å². The van der Waals surface area contributed by atoms with E-state index < -0.39 is 0 Å². The molecule has 1 N–H and O–H groups in total. The van der Waals surface area contributed by atoms with E-state index >= 15 is 0 Å². The van der Waals surface area contributed by atoms with Crippen LogP contribution in [0.4, 0.5) is 0 Å². The smallest absolute Gasteiger partial charge is 0.159 e. The van der Waals surface area contributed by atoms with Crippen LogP contribution in [0.5, 0.6) is 0 Å². The highest BCUT2D eigenvalue weighted by molar-refractivity contribution is 6.29. The van der Waals surface area contributed by atoms with Gasteiger partial charge in [-0.25, -0.2) is 0 Å². The highest BCUT2D eigenvalue weighted by Crippen LogP contribution is 2.33. The summed E-state index contributed by atoms with van der Waals surface area (Å²) in [6.45, 7) is 5.40. The summed E-state index contributed by atoms with van der Waals surface area (Å²) in [5.41, 5.74) is 0. The molecule has 0 radical (unpaired) electrons. The van der Waals surface area contributed by atoms with Gasteiger partial charge in [0.25, 0.3) is 0 Å². The van der Waals surface area contributed by atoms with Crippen LogP contribution in [0.1, 0.15) is 6.42 Å². The fraction of sp³-hybridized carbons (Fsp3) is 0.667. The van der Waals surface area contributed by atoms with Gasteiger partial charge in [-0.3, -0.25) is 4.90 Å². The highest BCUT2D eigenvalue weighted by atomic mass is 35.5. The molecule has 2 heterocycles. The van der Waals surface area contributed by atoms with Gasteiger partial charge in [-0.15, -0.1) is 0 Å². The summed E-state index contributed by atoms with van der Waals surface area (Å²) in [5, 5.41) is 4.22. The minimum atomic E-state index is 0.255. The van der Waals surface area contributed by atoms with Crippen molar-refractivity contribution in [1.29, 1.82) is 0 Å². The summed E-state index contributed by atoms with van der Waals surface area (Å²) in [6.07, 6.45) is 2.73. The second-order valence-electron chi connectivity index (χ2n) is 4.52. The molecule has 0 amide bonds. The van der Waals surface area contributed by atoms with E-state index in [1.807, 2.05) is 6.08 Å². The van der Waals surface area contributed by atoms with E-state index in [1.165, 1.54) is 0 Å². The third kappa shape index (κ3) is 2.30. The molecule has 0 saturated carbocycles. The SMILES string of the molecule is ClC1=CC2=C(OCCO2)C(N2CCNCC2)C1. The Balaban J connectivity index is 1.83. The van der Waals surface area contributed by atoms with Crippen molar-refractivity contribution < 1.29 is 9.47 Å². The van der Waals surface area contributed by atoms with E-state index in [2.05, 4.69) is 10.2 Å². The van der Waals surface area contributed by atoms with Crippen molar-refractivity contribution in [3.8, 4) is 0 Å². The number of halogens is 1. The molecule has 17 heavy (non-hydrogen) atoms. The van der Waals surface area contributed by atoms with Crippen LogP contribution in [0.3, 0.4) is 0 Å². The molecule has 1 atom stereocenters. The maximum atomic E-state index is 6.20. The minimum absolute atomic E-state index is 0.255. The molecule has 0 aromatic carbocycles. The number of ether oxygens (including phenoxy) is 2. The van der Waals surface area contributed by atoms with Gasteiger partial charge in [-0.05, 0) is 6.08 Å². The molecule has 0 spiro atoms. The Morgan fingerprint density at radius 2 is 2.00 bits per heavy atom. The number of rotatable bonds is 1. The minimum Gasteiger partial charge on any atom is -0.489 e. The molecule has 0 aromatic rings. The van der Waals surface area contributed by atoms with E-state index in [0.717, 1.165) is 49.2 Å². The van der Waals surface area contributed by atoms with Gasteiger partial charge >= 0.3 is 0 Å². The molecule has 3 aliphatic rings. The molecule has 94 valence electrons. The zero-order valence-electron chi connectivity index (χ0n) is 9.75. The lowest BCUT2D eigenvalue weighted by molar-refractivity contribution is 0.0310. The average Bonchev–Trinajstić information content (AvgIpc) is 2.39. The van der Waals surface area contributed by atoms with E-state index in [4.69, 9.17) is 21.1 Å². The zero-order valence-corrected chi connectivity index (χ0v) is 10.5. The van der Waals surface area contributed by atoms with Crippen molar-refractivity contribution in [3.05, 3.63) is 22.6 Å². The van der Waals surface area contributed by atoms with Gasteiger partial charge in [0.05, 0.1) is 6.04 Å². The van der Waals surface area contributed by atoms with E-state index in [-0.39, 0.29) is 6.04 Å². The topological polar surface area (TPSA) is 33.7 Å². The predicted molar refractivity (Wildman–Crippen MR) is 65.7 cm³/mol. The highest BCUT2D eigenvalue weighted by Gasteiger charge is 2.33. The summed E-state index contributed by atoms with van der Waals surface area (Å²) in [6, 6.07) is 0.255. The Morgan fingerprint density at radius 3 is 2.82 bits per heavy atom. The van der Waals surface area contributed by atoms with Crippen LogP contribution in [0.2, 0.25) is 0 Å². The third-order valence-corrected chi connectivity index (χ3v) is 3.68. The van der Waals surface area contributed by atoms with Gasteiger partial charge in [0.2, 0.25) is 0 Å². The molecule has 0 bridgehead atoms. The standard InChI is InChI=1S/C12H17ClN2O2/c13-9-7-10(15-3-1-14-2-4-15)12-11(8-9)16-5-6-17-12/h8,10,14H,1-7H2. The third-order valence-electron chi connectivity index (χ3n) is 3.41. The van der Waals surface area contributed by atoms with Gasteiger partial charge < -0.3 is 14.8 Å². The summed E-state index contributed by atoms with van der Waals surface area (Å²) in [7, 11) is 0. The lowest BCUT2D eigenvalue weighted by Gasteiger charge is -2.39. The first-order valence-corrected chi connectivity index (χ1v) is 6.53. The van der Waals surface area contributed by atoms with Crippen LogP contribution >= 0.6 is 11.6 Å². The molecule has 2 aliphatic heterocycles. The lowest BCUT2D eigenvalue weighted by Crippen LogP contribution is -2.50. The number of hydrogen-bond acceptors (Lipinski definition) is 4. The van der Waals surface area contributed by atoms with Crippen LogP contribution in [0.25, 0.3) is 0 Å². The van der Waals surface area contributed by atoms with Gasteiger partial charge in [-0.1, -0.05) is 11.6 Å². The van der Waals surface area contributed by atoms with E-state index in [1.54, 1.807) is 0 Å². The molecule has 4 nitrogen and oxygen atoms in total. The van der Waals surface area contributed by atoms with Crippen molar-refractivity contribution >= 4 is 11.6 Å². The first-order valence-electron chi connectivity index (χ1n) is 6.15. The monoisotopic (exact) mass is 256 g/mol. The fourth-order valence-electron chi connectivity index (χ4n) is 2.59. The second-order valence-corrected chi connectivity index (χ2v) is 5.01. The summed E-state index contributed by atoms with van der Waals surface area (Å²) in [4.78, 5) is 2.43. The molecule has 1 saturated heterocycles. The number of nitrogens with one attached hydrogen (secondary N) is 1. The molecule has 1 aliphatic carbocycles. The predicted octanol–water partition coefficient (Wildman–Crippen LogP) is 1.04. The van der Waals surface area contributed by atoms with Crippen molar-refractivity contribution in [2.45, 2.75) is 12.5 Å². The normalized spacial score (nSPS) is 30.2. The lowest BCUT2D eigenvalue weighted by atomic mass is 10.0. The van der Waals surface area contributed by atoms with Crippen LogP contribution < -0.4 is 5.32 Å². The van der Waals surface area contributed by atoms with Crippen molar-refractivity contribution in [3.63, 3.8) is 0 Å². The Morgan fingerprint density at radius 1 is 1.24 bits per heavy atom. The van der Waals surface area contributed by atoms with Crippen LogP contribution in [-0.4, -0.2) is 50.3 Å². The maximum absolute atomic E-state index is 6.20. The zero-order chi connectivity index (χ0) is 11.7. The Labute approximate surface area is 106 Å². The molecular formula is C12H17ClN2O2. The number of nitrogens with zero attached hydrogens (tertiary/aromatic N) is 1. The van der Waals surface area contributed by atoms with Crippen LogP contribution in [-0.2, 0) is 9.47 Å². The quantitative estimate of drug-likeness (QED) is 0.760. The molecule has 1 fully saturated rings. The number of piperazine rings is 1. The summed E-state index contributed by atoms with van der Waals surface area (Å²) < 4.78 is 11.4. The first-order chi connectivity index (χ1) is 8.34. The van der Waals surface area contributed by atoms with Gasteiger partial charge in [-0.2, -0.15) is 0 Å². The first kappa shape index (κ1) is 11.4. The molecule has 1 unspecified atom stereocenters. The number of allylic oxidation sites excluding steroid dienone is 1.